The lowest BCUT2D eigenvalue weighted by molar-refractivity contribution is 0.0693. The van der Waals surface area contributed by atoms with Crippen LogP contribution in [-0.4, -0.2) is 30.0 Å². The number of ether oxygens (including phenoxy) is 1. The largest absolute Gasteiger partial charge is 0.496 e. The zero-order chi connectivity index (χ0) is 12.8. The molecular formula is C11H11NO4S. The molecule has 0 amide bonds. The van der Waals surface area contributed by atoms with Crippen LogP contribution in [0.5, 0.6) is 5.75 Å². The van der Waals surface area contributed by atoms with Crippen LogP contribution in [0.4, 0.5) is 5.69 Å². The molecule has 90 valence electrons. The van der Waals surface area contributed by atoms with Crippen LogP contribution in [0, 0.1) is 0 Å². The summed E-state index contributed by atoms with van der Waals surface area (Å²) in [5.41, 5.74) is 0.419. The van der Waals surface area contributed by atoms with E-state index >= 15 is 0 Å². The molecule has 0 unspecified atom stereocenters. The van der Waals surface area contributed by atoms with Crippen molar-refractivity contribution in [1.29, 1.82) is 0 Å². The summed E-state index contributed by atoms with van der Waals surface area (Å²) in [6.45, 7) is 1.92. The fourth-order valence-electron chi connectivity index (χ4n) is 1.29. The molecule has 0 spiro atoms. The molecule has 0 aromatic heterocycles. The lowest BCUT2D eigenvalue weighted by Gasteiger charge is -2.09. The van der Waals surface area contributed by atoms with Crippen molar-refractivity contribution in [2.24, 2.45) is 4.99 Å². The molecule has 0 aliphatic rings. The van der Waals surface area contributed by atoms with Crippen LogP contribution in [0.25, 0.3) is 0 Å². The number of carbonyl (C=O) groups excluding carboxylic acids is 1. The van der Waals surface area contributed by atoms with E-state index < -0.39 is 5.97 Å². The van der Waals surface area contributed by atoms with Gasteiger partial charge in [0.05, 0.1) is 12.8 Å². The maximum absolute atomic E-state index is 11.0. The number of carboxylic acid groups (broad SMARTS) is 1. The quantitative estimate of drug-likeness (QED) is 0.495. The topological polar surface area (TPSA) is 76.0 Å². The zero-order valence-corrected chi connectivity index (χ0v) is 10.2. The highest BCUT2D eigenvalue weighted by Crippen LogP contribution is 2.35. The Morgan fingerprint density at radius 3 is 2.76 bits per heavy atom. The molecule has 0 aliphatic carbocycles. The number of benzene rings is 1. The summed E-state index contributed by atoms with van der Waals surface area (Å²) in [6.07, 6.45) is 1.44. The number of isocyanates is 1. The number of rotatable bonds is 5. The third-order valence-corrected chi connectivity index (χ3v) is 2.90. The van der Waals surface area contributed by atoms with Crippen LogP contribution in [0.3, 0.4) is 0 Å². The van der Waals surface area contributed by atoms with Crippen molar-refractivity contribution >= 4 is 29.5 Å². The predicted octanol–water partition coefficient (Wildman–Crippen LogP) is 2.47. The molecule has 0 fully saturated rings. The van der Waals surface area contributed by atoms with E-state index in [0.717, 1.165) is 5.75 Å². The first-order valence-corrected chi connectivity index (χ1v) is 5.78. The first-order chi connectivity index (χ1) is 8.13. The Morgan fingerprint density at radius 2 is 2.29 bits per heavy atom. The number of nitrogens with zero attached hydrogens (tertiary/aromatic N) is 1. The minimum Gasteiger partial charge on any atom is -0.496 e. The minimum absolute atomic E-state index is 0.0494. The summed E-state index contributed by atoms with van der Waals surface area (Å²) in [4.78, 5) is 25.5. The Labute approximate surface area is 103 Å². The van der Waals surface area contributed by atoms with Gasteiger partial charge in [-0.2, -0.15) is 4.99 Å². The fraction of sp³-hybridized carbons (Fsp3) is 0.273. The number of hydrogen-bond acceptors (Lipinski definition) is 5. The van der Waals surface area contributed by atoms with Crippen molar-refractivity contribution < 1.29 is 19.4 Å². The monoisotopic (exact) mass is 253 g/mol. The molecular weight excluding hydrogens is 242 g/mol. The van der Waals surface area contributed by atoms with Gasteiger partial charge in [-0.05, 0) is 11.8 Å². The average molecular weight is 253 g/mol. The maximum atomic E-state index is 11.0. The van der Waals surface area contributed by atoms with Crippen LogP contribution in [0.2, 0.25) is 0 Å². The second-order valence-corrected chi connectivity index (χ2v) is 4.27. The molecule has 0 saturated heterocycles. The second-order valence-electron chi connectivity index (χ2n) is 2.96. The highest BCUT2D eigenvalue weighted by molar-refractivity contribution is 7.99. The zero-order valence-electron chi connectivity index (χ0n) is 9.39. The first kappa shape index (κ1) is 13.3. The fourth-order valence-corrected chi connectivity index (χ4v) is 2.06. The van der Waals surface area contributed by atoms with Crippen molar-refractivity contribution in [1.82, 2.24) is 0 Å². The normalized spacial score (nSPS) is 9.53. The maximum Gasteiger partial charge on any atom is 0.339 e. The molecule has 0 saturated carbocycles. The summed E-state index contributed by atoms with van der Waals surface area (Å²) in [5.74, 6) is -0.166. The van der Waals surface area contributed by atoms with Crippen LogP contribution in [0.15, 0.2) is 22.0 Å². The molecule has 1 aromatic rings. The van der Waals surface area contributed by atoms with Crippen molar-refractivity contribution in [2.75, 3.05) is 12.9 Å². The number of aromatic carboxylic acids is 1. The third-order valence-electron chi connectivity index (χ3n) is 1.98. The number of carboxylic acids is 1. The summed E-state index contributed by atoms with van der Waals surface area (Å²) < 4.78 is 4.95. The van der Waals surface area contributed by atoms with Crippen LogP contribution < -0.4 is 4.74 Å². The van der Waals surface area contributed by atoms with Gasteiger partial charge in [-0.25, -0.2) is 9.59 Å². The van der Waals surface area contributed by atoms with Gasteiger partial charge in [0.2, 0.25) is 6.08 Å². The molecule has 5 nitrogen and oxygen atoms in total. The van der Waals surface area contributed by atoms with E-state index in [1.165, 1.54) is 37.1 Å². The van der Waals surface area contributed by atoms with E-state index in [4.69, 9.17) is 9.84 Å². The number of thioether (sulfide) groups is 1. The number of hydrogen-bond donors (Lipinski definition) is 1. The van der Waals surface area contributed by atoms with Crippen molar-refractivity contribution in [3.63, 3.8) is 0 Å². The van der Waals surface area contributed by atoms with Crippen molar-refractivity contribution in [2.45, 2.75) is 11.8 Å². The Bertz CT molecular complexity index is 481. The van der Waals surface area contributed by atoms with Gasteiger partial charge in [-0.15, -0.1) is 11.8 Å². The SMILES string of the molecule is CCSc1cc(C(=O)O)c(OC)cc1N=C=O. The van der Waals surface area contributed by atoms with Gasteiger partial charge in [-0.3, -0.25) is 0 Å². The molecule has 6 heteroatoms. The predicted molar refractivity (Wildman–Crippen MR) is 64.1 cm³/mol. The molecule has 1 rings (SSSR count). The lowest BCUT2D eigenvalue weighted by atomic mass is 10.2. The average Bonchev–Trinajstić information content (AvgIpc) is 2.31. The molecule has 0 radical (unpaired) electrons. The van der Waals surface area contributed by atoms with Crippen LogP contribution in [-0.2, 0) is 4.79 Å². The smallest absolute Gasteiger partial charge is 0.339 e. The molecule has 0 aliphatic heterocycles. The number of aliphatic imine (C=N–C) groups is 1. The van der Waals surface area contributed by atoms with E-state index in [2.05, 4.69) is 4.99 Å². The molecule has 0 atom stereocenters. The summed E-state index contributed by atoms with van der Waals surface area (Å²) in [6, 6.07) is 2.87. The standard InChI is InChI=1S/C11H11NO4S/c1-3-17-10-4-7(11(14)15)9(16-2)5-8(10)12-6-13/h4-5H,3H2,1-2H3,(H,14,15). The first-order valence-electron chi connectivity index (χ1n) is 4.80. The van der Waals surface area contributed by atoms with Crippen LogP contribution in [0.1, 0.15) is 17.3 Å². The molecule has 1 aromatic carbocycles. The van der Waals surface area contributed by atoms with E-state index in [0.29, 0.717) is 10.6 Å². The van der Waals surface area contributed by atoms with E-state index in [9.17, 15) is 9.59 Å². The Hall–Kier alpha value is -1.78. The highest BCUT2D eigenvalue weighted by Gasteiger charge is 2.15. The van der Waals surface area contributed by atoms with Gasteiger partial charge in [0, 0.05) is 11.0 Å². The molecule has 1 N–H and O–H groups in total. The summed E-state index contributed by atoms with van der Waals surface area (Å²) in [5, 5.41) is 9.01. The third kappa shape index (κ3) is 3.09. The van der Waals surface area contributed by atoms with E-state index in [-0.39, 0.29) is 11.3 Å². The Morgan fingerprint density at radius 1 is 1.59 bits per heavy atom. The second kappa shape index (κ2) is 6.08. The number of carbonyl (C=O) groups is 1. The number of methoxy groups -OCH3 is 1. The van der Waals surface area contributed by atoms with Crippen molar-refractivity contribution in [3.05, 3.63) is 17.7 Å². The molecule has 17 heavy (non-hydrogen) atoms. The Kier molecular flexibility index (Phi) is 4.75. The molecule has 0 heterocycles. The lowest BCUT2D eigenvalue weighted by Crippen LogP contribution is -2.00. The Balaban J connectivity index is 3.41. The van der Waals surface area contributed by atoms with Gasteiger partial charge in [0.1, 0.15) is 11.3 Å². The van der Waals surface area contributed by atoms with Crippen LogP contribution >= 0.6 is 11.8 Å². The summed E-state index contributed by atoms with van der Waals surface area (Å²) in [7, 11) is 1.36. The summed E-state index contributed by atoms with van der Waals surface area (Å²) >= 11 is 1.40. The highest BCUT2D eigenvalue weighted by atomic mass is 32.2. The van der Waals surface area contributed by atoms with E-state index in [1.54, 1.807) is 0 Å². The van der Waals surface area contributed by atoms with Gasteiger partial charge in [0.15, 0.2) is 0 Å². The van der Waals surface area contributed by atoms with Gasteiger partial charge in [-0.1, -0.05) is 6.92 Å². The van der Waals surface area contributed by atoms with E-state index in [1.807, 2.05) is 6.92 Å². The molecule has 0 bridgehead atoms. The van der Waals surface area contributed by atoms with Gasteiger partial charge >= 0.3 is 5.97 Å². The minimum atomic E-state index is -1.08. The van der Waals surface area contributed by atoms with Gasteiger partial charge < -0.3 is 9.84 Å². The van der Waals surface area contributed by atoms with Crippen molar-refractivity contribution in [3.8, 4) is 5.75 Å². The van der Waals surface area contributed by atoms with Gasteiger partial charge in [0.25, 0.3) is 0 Å².